The molecule has 0 saturated heterocycles. The van der Waals surface area contributed by atoms with Gasteiger partial charge in [-0.05, 0) is 30.7 Å². The fourth-order valence-electron chi connectivity index (χ4n) is 1.55. The number of aryl methyl sites for hydroxylation is 1. The molecule has 0 atom stereocenters. The van der Waals surface area contributed by atoms with Gasteiger partial charge in [0.2, 0.25) is 0 Å². The van der Waals surface area contributed by atoms with Crippen LogP contribution in [0.25, 0.3) is 11.3 Å². The Kier molecular flexibility index (Phi) is 3.29. The summed E-state index contributed by atoms with van der Waals surface area (Å²) in [6.07, 6.45) is 0. The maximum Gasteiger partial charge on any atom is 0.147 e. The summed E-state index contributed by atoms with van der Waals surface area (Å²) in [5.41, 5.74) is 2.97. The third-order valence-corrected chi connectivity index (χ3v) is 2.93. The van der Waals surface area contributed by atoms with Crippen molar-refractivity contribution >= 4 is 15.9 Å². The molecule has 1 heterocycles. The predicted molar refractivity (Wildman–Crippen MR) is 65.9 cm³/mol. The Morgan fingerprint density at radius 3 is 2.75 bits per heavy atom. The molecule has 1 aromatic carbocycles. The van der Waals surface area contributed by atoms with Crippen molar-refractivity contribution in [1.29, 1.82) is 0 Å². The number of hydrogen-bond acceptors (Lipinski definition) is 3. The minimum Gasteiger partial charge on any atom is -0.496 e. The molecule has 0 unspecified atom stereocenters. The molecule has 0 radical (unpaired) electrons. The van der Waals surface area contributed by atoms with Crippen molar-refractivity contribution < 1.29 is 9.26 Å². The molecule has 0 bridgehead atoms. The molecule has 0 saturated carbocycles. The minimum absolute atomic E-state index is 0.676. The zero-order valence-electron chi connectivity index (χ0n) is 9.16. The zero-order valence-corrected chi connectivity index (χ0v) is 10.7. The first-order valence-electron chi connectivity index (χ1n) is 4.91. The van der Waals surface area contributed by atoms with Gasteiger partial charge in [-0.15, -0.1) is 0 Å². The number of alkyl halides is 1. The lowest BCUT2D eigenvalue weighted by Crippen LogP contribution is -1.87. The first kappa shape index (κ1) is 11.2. The molecule has 3 nitrogen and oxygen atoms in total. The SMILES string of the molecule is COc1ccc(-c2cc(CBr)on2)cc1C. The van der Waals surface area contributed by atoms with E-state index in [4.69, 9.17) is 9.26 Å². The van der Waals surface area contributed by atoms with Gasteiger partial charge in [-0.25, -0.2) is 0 Å². The molecule has 2 aromatic rings. The Morgan fingerprint density at radius 1 is 1.38 bits per heavy atom. The fraction of sp³-hybridized carbons (Fsp3) is 0.250. The Hall–Kier alpha value is -1.29. The van der Waals surface area contributed by atoms with Gasteiger partial charge in [-0.3, -0.25) is 0 Å². The molecule has 0 aliphatic rings. The van der Waals surface area contributed by atoms with E-state index in [9.17, 15) is 0 Å². The Labute approximate surface area is 103 Å². The number of ether oxygens (including phenoxy) is 1. The van der Waals surface area contributed by atoms with Crippen LogP contribution in [0.15, 0.2) is 28.8 Å². The van der Waals surface area contributed by atoms with Crippen LogP contribution >= 0.6 is 15.9 Å². The second-order valence-electron chi connectivity index (χ2n) is 3.50. The van der Waals surface area contributed by atoms with Gasteiger partial charge >= 0.3 is 0 Å². The van der Waals surface area contributed by atoms with Gasteiger partial charge in [0.25, 0.3) is 0 Å². The monoisotopic (exact) mass is 281 g/mol. The second kappa shape index (κ2) is 4.70. The van der Waals surface area contributed by atoms with E-state index in [2.05, 4.69) is 21.1 Å². The maximum absolute atomic E-state index is 5.21. The van der Waals surface area contributed by atoms with Crippen LogP contribution in [0.5, 0.6) is 5.75 Å². The van der Waals surface area contributed by atoms with Gasteiger partial charge in [0, 0.05) is 11.6 Å². The maximum atomic E-state index is 5.21. The summed E-state index contributed by atoms with van der Waals surface area (Å²) >= 11 is 3.33. The molecule has 1 aromatic heterocycles. The smallest absolute Gasteiger partial charge is 0.147 e. The predicted octanol–water partition coefficient (Wildman–Crippen LogP) is 3.55. The van der Waals surface area contributed by atoms with Crippen LogP contribution in [0, 0.1) is 6.92 Å². The van der Waals surface area contributed by atoms with Crippen molar-refractivity contribution in [2.75, 3.05) is 7.11 Å². The number of rotatable bonds is 3. The van der Waals surface area contributed by atoms with Crippen molar-refractivity contribution in [3.05, 3.63) is 35.6 Å². The molecule has 0 aliphatic carbocycles. The second-order valence-corrected chi connectivity index (χ2v) is 4.06. The van der Waals surface area contributed by atoms with Crippen molar-refractivity contribution in [2.45, 2.75) is 12.3 Å². The molecule has 4 heteroatoms. The average Bonchev–Trinajstić information content (AvgIpc) is 2.77. The van der Waals surface area contributed by atoms with E-state index in [1.807, 2.05) is 31.2 Å². The van der Waals surface area contributed by atoms with Gasteiger partial charge in [0.1, 0.15) is 17.2 Å². The van der Waals surface area contributed by atoms with Gasteiger partial charge in [-0.1, -0.05) is 21.1 Å². The normalized spacial score (nSPS) is 10.4. The molecule has 0 N–H and O–H groups in total. The molecule has 0 spiro atoms. The van der Waals surface area contributed by atoms with Crippen LogP contribution < -0.4 is 4.74 Å². The van der Waals surface area contributed by atoms with Crippen molar-refractivity contribution in [3.63, 3.8) is 0 Å². The number of methoxy groups -OCH3 is 1. The summed E-state index contributed by atoms with van der Waals surface area (Å²) in [5, 5.41) is 4.68. The number of hydrogen-bond donors (Lipinski definition) is 0. The van der Waals surface area contributed by atoms with Crippen molar-refractivity contribution in [2.24, 2.45) is 0 Å². The van der Waals surface area contributed by atoms with Gasteiger partial charge in [-0.2, -0.15) is 0 Å². The summed E-state index contributed by atoms with van der Waals surface area (Å²) in [6, 6.07) is 7.87. The average molecular weight is 282 g/mol. The third-order valence-electron chi connectivity index (χ3n) is 2.38. The Bertz CT molecular complexity index is 494. The molecule has 0 fully saturated rings. The topological polar surface area (TPSA) is 35.3 Å². The van der Waals surface area contributed by atoms with Gasteiger partial charge in [0.05, 0.1) is 12.4 Å². The third kappa shape index (κ3) is 2.11. The van der Waals surface area contributed by atoms with Crippen LogP contribution in [-0.2, 0) is 5.33 Å². The van der Waals surface area contributed by atoms with E-state index >= 15 is 0 Å². The van der Waals surface area contributed by atoms with Crippen LogP contribution in [0.2, 0.25) is 0 Å². The summed E-state index contributed by atoms with van der Waals surface area (Å²) < 4.78 is 10.3. The van der Waals surface area contributed by atoms with Gasteiger partial charge < -0.3 is 9.26 Å². The molecule has 0 amide bonds. The summed E-state index contributed by atoms with van der Waals surface area (Å²) in [4.78, 5) is 0. The van der Waals surface area contributed by atoms with Gasteiger partial charge in [0.15, 0.2) is 0 Å². The first-order valence-corrected chi connectivity index (χ1v) is 6.03. The molecule has 0 aliphatic heterocycles. The van der Waals surface area contributed by atoms with Crippen LogP contribution in [0.3, 0.4) is 0 Å². The van der Waals surface area contributed by atoms with E-state index in [1.165, 1.54) is 0 Å². The summed E-state index contributed by atoms with van der Waals surface area (Å²) in [6.45, 7) is 2.01. The molecule has 16 heavy (non-hydrogen) atoms. The fourth-order valence-corrected chi connectivity index (χ4v) is 1.81. The Morgan fingerprint density at radius 2 is 2.19 bits per heavy atom. The van der Waals surface area contributed by atoms with Crippen molar-refractivity contribution in [1.82, 2.24) is 5.16 Å². The lowest BCUT2D eigenvalue weighted by Gasteiger charge is -2.04. The lowest BCUT2D eigenvalue weighted by molar-refractivity contribution is 0.398. The standard InChI is InChI=1S/C12H12BrNO2/c1-8-5-9(3-4-12(8)15-2)11-6-10(7-13)16-14-11/h3-6H,7H2,1-2H3. The quantitative estimate of drug-likeness (QED) is 0.807. The van der Waals surface area contributed by atoms with Crippen molar-refractivity contribution in [3.8, 4) is 17.0 Å². The first-order chi connectivity index (χ1) is 7.74. The largest absolute Gasteiger partial charge is 0.496 e. The van der Waals surface area contributed by atoms with E-state index in [0.29, 0.717) is 5.33 Å². The van der Waals surface area contributed by atoms with E-state index in [0.717, 1.165) is 28.3 Å². The van der Waals surface area contributed by atoms with E-state index < -0.39 is 0 Å². The minimum atomic E-state index is 0.676. The number of aromatic nitrogens is 1. The zero-order chi connectivity index (χ0) is 11.5. The molecule has 84 valence electrons. The molecular formula is C12H12BrNO2. The van der Waals surface area contributed by atoms with Crippen LogP contribution in [-0.4, -0.2) is 12.3 Å². The highest BCUT2D eigenvalue weighted by atomic mass is 79.9. The number of nitrogens with zero attached hydrogens (tertiary/aromatic N) is 1. The highest BCUT2D eigenvalue weighted by Gasteiger charge is 2.07. The number of halogens is 1. The molecular weight excluding hydrogens is 270 g/mol. The highest BCUT2D eigenvalue weighted by Crippen LogP contribution is 2.26. The summed E-state index contributed by atoms with van der Waals surface area (Å²) in [5.74, 6) is 1.71. The summed E-state index contributed by atoms with van der Waals surface area (Å²) in [7, 11) is 1.67. The van der Waals surface area contributed by atoms with E-state index in [-0.39, 0.29) is 0 Å². The number of benzene rings is 1. The van der Waals surface area contributed by atoms with Crippen LogP contribution in [0.4, 0.5) is 0 Å². The highest BCUT2D eigenvalue weighted by molar-refractivity contribution is 9.08. The van der Waals surface area contributed by atoms with E-state index in [1.54, 1.807) is 7.11 Å². The Balaban J connectivity index is 2.37. The van der Waals surface area contributed by atoms with Crippen LogP contribution in [0.1, 0.15) is 11.3 Å². The molecule has 2 rings (SSSR count). The lowest BCUT2D eigenvalue weighted by atomic mass is 10.1.